The van der Waals surface area contributed by atoms with Gasteiger partial charge in [-0.05, 0) is 44.5 Å². The molecule has 1 N–H and O–H groups in total. The molecule has 0 spiro atoms. The molecular weight excluding hydrogens is 190 g/mol. The highest BCUT2D eigenvalue weighted by atomic mass is 32.1. The van der Waals surface area contributed by atoms with E-state index in [0.717, 1.165) is 12.5 Å². The van der Waals surface area contributed by atoms with Crippen LogP contribution in [0, 0.1) is 5.92 Å². The zero-order valence-corrected chi connectivity index (χ0v) is 10.3. The fourth-order valence-electron chi connectivity index (χ4n) is 1.66. The third kappa shape index (κ3) is 3.43. The van der Waals surface area contributed by atoms with E-state index in [0.29, 0.717) is 0 Å². The molecule has 1 aromatic rings. The third-order valence-electron chi connectivity index (χ3n) is 2.63. The topological polar surface area (TPSA) is 12.0 Å². The SMILES string of the molecule is CCc1ccc(CC(CC)CNC)s1. The fraction of sp³-hybridized carbons (Fsp3) is 0.667. The molecule has 1 heterocycles. The predicted octanol–water partition coefficient (Wildman–Crippen LogP) is 3.10. The second-order valence-corrected chi connectivity index (χ2v) is 5.01. The van der Waals surface area contributed by atoms with Crippen LogP contribution < -0.4 is 5.32 Å². The normalized spacial score (nSPS) is 13.1. The summed E-state index contributed by atoms with van der Waals surface area (Å²) < 4.78 is 0. The van der Waals surface area contributed by atoms with Crippen LogP contribution in [0.15, 0.2) is 12.1 Å². The number of nitrogens with one attached hydrogen (secondary N) is 1. The molecule has 1 rings (SSSR count). The Morgan fingerprint density at radius 3 is 2.50 bits per heavy atom. The van der Waals surface area contributed by atoms with Crippen molar-refractivity contribution >= 4 is 11.3 Å². The zero-order chi connectivity index (χ0) is 10.4. The van der Waals surface area contributed by atoms with E-state index in [4.69, 9.17) is 0 Å². The molecule has 1 unspecified atom stereocenters. The van der Waals surface area contributed by atoms with Gasteiger partial charge >= 0.3 is 0 Å². The molecule has 2 heteroatoms. The lowest BCUT2D eigenvalue weighted by Crippen LogP contribution is -2.19. The van der Waals surface area contributed by atoms with Gasteiger partial charge in [-0.1, -0.05) is 20.3 Å². The van der Waals surface area contributed by atoms with Gasteiger partial charge in [-0.15, -0.1) is 11.3 Å². The van der Waals surface area contributed by atoms with Gasteiger partial charge in [0, 0.05) is 9.75 Å². The highest BCUT2D eigenvalue weighted by molar-refractivity contribution is 7.11. The summed E-state index contributed by atoms with van der Waals surface area (Å²) in [5, 5.41) is 3.26. The van der Waals surface area contributed by atoms with Gasteiger partial charge in [0.05, 0.1) is 0 Å². The van der Waals surface area contributed by atoms with Crippen molar-refractivity contribution in [3.05, 3.63) is 21.9 Å². The van der Waals surface area contributed by atoms with Gasteiger partial charge in [0.25, 0.3) is 0 Å². The minimum absolute atomic E-state index is 0.795. The Kier molecular flexibility index (Phi) is 5.20. The highest BCUT2D eigenvalue weighted by Crippen LogP contribution is 2.21. The Labute approximate surface area is 91.5 Å². The molecule has 0 aliphatic heterocycles. The van der Waals surface area contributed by atoms with Crippen LogP contribution in [0.2, 0.25) is 0 Å². The lowest BCUT2D eigenvalue weighted by molar-refractivity contribution is 0.484. The van der Waals surface area contributed by atoms with Gasteiger partial charge in [0.2, 0.25) is 0 Å². The summed E-state index contributed by atoms with van der Waals surface area (Å²) in [7, 11) is 2.04. The van der Waals surface area contributed by atoms with Crippen LogP contribution in [0.3, 0.4) is 0 Å². The highest BCUT2D eigenvalue weighted by Gasteiger charge is 2.07. The van der Waals surface area contributed by atoms with Crippen molar-refractivity contribution < 1.29 is 0 Å². The van der Waals surface area contributed by atoms with Gasteiger partial charge in [-0.2, -0.15) is 0 Å². The molecule has 0 aromatic carbocycles. The Balaban J connectivity index is 2.48. The summed E-state index contributed by atoms with van der Waals surface area (Å²) in [5.41, 5.74) is 0. The molecule has 0 aliphatic carbocycles. The quantitative estimate of drug-likeness (QED) is 0.762. The maximum absolute atomic E-state index is 3.26. The Hall–Kier alpha value is -0.340. The molecule has 1 atom stereocenters. The molecule has 1 aromatic heterocycles. The Morgan fingerprint density at radius 2 is 2.00 bits per heavy atom. The number of aryl methyl sites for hydroxylation is 1. The van der Waals surface area contributed by atoms with Gasteiger partial charge in [-0.25, -0.2) is 0 Å². The Bertz CT molecular complexity index is 255. The van der Waals surface area contributed by atoms with Crippen LogP contribution >= 0.6 is 11.3 Å². The first kappa shape index (κ1) is 11.7. The molecule has 1 nitrogen and oxygen atoms in total. The molecule has 0 saturated carbocycles. The maximum atomic E-state index is 3.26. The van der Waals surface area contributed by atoms with Crippen LogP contribution in [-0.4, -0.2) is 13.6 Å². The summed E-state index contributed by atoms with van der Waals surface area (Å²) in [6.45, 7) is 5.63. The second kappa shape index (κ2) is 6.20. The largest absolute Gasteiger partial charge is 0.319 e. The average molecular weight is 211 g/mol. The first-order valence-electron chi connectivity index (χ1n) is 5.52. The molecular formula is C12H21NS. The van der Waals surface area contributed by atoms with Crippen molar-refractivity contribution in [3.8, 4) is 0 Å². The van der Waals surface area contributed by atoms with Gasteiger partial charge in [0.1, 0.15) is 0 Å². The molecule has 0 fully saturated rings. The lowest BCUT2D eigenvalue weighted by Gasteiger charge is -2.12. The number of rotatable bonds is 6. The van der Waals surface area contributed by atoms with Gasteiger partial charge in [-0.3, -0.25) is 0 Å². The van der Waals surface area contributed by atoms with E-state index in [-0.39, 0.29) is 0 Å². The first-order valence-corrected chi connectivity index (χ1v) is 6.34. The predicted molar refractivity (Wildman–Crippen MR) is 65.1 cm³/mol. The van der Waals surface area contributed by atoms with Crippen molar-refractivity contribution in [1.82, 2.24) is 5.32 Å². The van der Waals surface area contributed by atoms with Gasteiger partial charge in [0.15, 0.2) is 0 Å². The lowest BCUT2D eigenvalue weighted by atomic mass is 10.0. The fourth-order valence-corrected chi connectivity index (χ4v) is 2.73. The molecule has 0 saturated heterocycles. The monoisotopic (exact) mass is 211 g/mol. The van der Waals surface area contributed by atoms with E-state index in [2.05, 4.69) is 31.3 Å². The summed E-state index contributed by atoms with van der Waals surface area (Å²) >= 11 is 1.97. The summed E-state index contributed by atoms with van der Waals surface area (Å²) in [5.74, 6) is 0.795. The molecule has 14 heavy (non-hydrogen) atoms. The van der Waals surface area contributed by atoms with Crippen molar-refractivity contribution in [2.45, 2.75) is 33.1 Å². The number of hydrogen-bond acceptors (Lipinski definition) is 2. The number of hydrogen-bond donors (Lipinski definition) is 1. The second-order valence-electron chi connectivity index (χ2n) is 3.76. The minimum Gasteiger partial charge on any atom is -0.319 e. The van der Waals surface area contributed by atoms with Crippen molar-refractivity contribution in [2.24, 2.45) is 5.92 Å². The van der Waals surface area contributed by atoms with Crippen molar-refractivity contribution in [3.63, 3.8) is 0 Å². The molecule has 80 valence electrons. The average Bonchev–Trinajstić information content (AvgIpc) is 2.65. The Morgan fingerprint density at radius 1 is 1.29 bits per heavy atom. The molecule has 0 radical (unpaired) electrons. The zero-order valence-electron chi connectivity index (χ0n) is 9.47. The van der Waals surface area contributed by atoms with E-state index in [1.165, 1.54) is 24.1 Å². The number of thiophene rings is 1. The van der Waals surface area contributed by atoms with Crippen molar-refractivity contribution in [1.29, 1.82) is 0 Å². The molecule has 0 aliphatic rings. The van der Waals surface area contributed by atoms with Crippen LogP contribution in [-0.2, 0) is 12.8 Å². The summed E-state index contributed by atoms with van der Waals surface area (Å²) in [6, 6.07) is 4.56. The third-order valence-corrected chi connectivity index (χ3v) is 3.88. The first-order chi connectivity index (χ1) is 6.80. The molecule has 0 amide bonds. The molecule has 0 bridgehead atoms. The maximum Gasteiger partial charge on any atom is 0.00514 e. The summed E-state index contributed by atoms with van der Waals surface area (Å²) in [6.07, 6.45) is 3.68. The van der Waals surface area contributed by atoms with E-state index in [1.807, 2.05) is 18.4 Å². The minimum atomic E-state index is 0.795. The van der Waals surface area contributed by atoms with Crippen LogP contribution in [0.1, 0.15) is 30.0 Å². The van der Waals surface area contributed by atoms with Crippen LogP contribution in [0.25, 0.3) is 0 Å². The summed E-state index contributed by atoms with van der Waals surface area (Å²) in [4.78, 5) is 3.06. The standard InChI is InChI=1S/C12H21NS/c1-4-10(9-13-3)8-12-7-6-11(5-2)14-12/h6-7,10,13H,4-5,8-9H2,1-3H3. The van der Waals surface area contributed by atoms with Crippen molar-refractivity contribution in [2.75, 3.05) is 13.6 Å². The van der Waals surface area contributed by atoms with Crippen LogP contribution in [0.4, 0.5) is 0 Å². The van der Waals surface area contributed by atoms with E-state index in [9.17, 15) is 0 Å². The smallest absolute Gasteiger partial charge is 0.00514 e. The van der Waals surface area contributed by atoms with E-state index >= 15 is 0 Å². The van der Waals surface area contributed by atoms with Gasteiger partial charge < -0.3 is 5.32 Å². The van der Waals surface area contributed by atoms with E-state index < -0.39 is 0 Å². The van der Waals surface area contributed by atoms with Crippen LogP contribution in [0.5, 0.6) is 0 Å². The van der Waals surface area contributed by atoms with E-state index in [1.54, 1.807) is 4.88 Å².